The van der Waals surface area contributed by atoms with Crippen molar-refractivity contribution in [2.75, 3.05) is 32.6 Å². The van der Waals surface area contributed by atoms with E-state index in [1.165, 1.54) is 5.56 Å². The second-order valence-electron chi connectivity index (χ2n) is 5.49. The van der Waals surface area contributed by atoms with Crippen molar-refractivity contribution in [3.05, 3.63) is 42.2 Å². The normalized spacial score (nSPS) is 12.4. The molecule has 1 unspecified atom stereocenters. The van der Waals surface area contributed by atoms with Gasteiger partial charge in [0.1, 0.15) is 12.4 Å². The van der Waals surface area contributed by atoms with E-state index >= 15 is 0 Å². The number of nitrogens with zero attached hydrogens (tertiary/aromatic N) is 3. The molecule has 2 rings (SSSR count). The van der Waals surface area contributed by atoms with E-state index in [1.54, 1.807) is 0 Å². The number of benzene rings is 1. The fourth-order valence-electron chi connectivity index (χ4n) is 1.99. The Balaban J connectivity index is 1.87. The highest BCUT2D eigenvalue weighted by atomic mass is 16.5. The van der Waals surface area contributed by atoms with Crippen LogP contribution in [0.5, 0.6) is 5.75 Å². The van der Waals surface area contributed by atoms with Crippen LogP contribution in [-0.2, 0) is 7.05 Å². The molecule has 0 fully saturated rings. The fraction of sp³-hybridized carbons (Fsp3) is 0.438. The molecule has 0 amide bonds. The second kappa shape index (κ2) is 7.13. The molecule has 5 nitrogen and oxygen atoms in total. The first-order valence-electron chi connectivity index (χ1n) is 7.17. The highest BCUT2D eigenvalue weighted by Crippen LogP contribution is 2.21. The minimum absolute atomic E-state index is 0.221. The van der Waals surface area contributed by atoms with Gasteiger partial charge in [0.05, 0.1) is 12.2 Å². The molecule has 1 aromatic carbocycles. The van der Waals surface area contributed by atoms with Gasteiger partial charge in [-0.05, 0) is 45.3 Å². The topological polar surface area (TPSA) is 42.3 Å². The third-order valence-electron chi connectivity index (χ3n) is 3.27. The molecule has 0 aliphatic heterocycles. The zero-order valence-electron chi connectivity index (χ0n) is 13.2. The molecule has 2 aromatic rings. The second-order valence-corrected chi connectivity index (χ2v) is 5.49. The predicted octanol–water partition coefficient (Wildman–Crippen LogP) is 2.53. The van der Waals surface area contributed by atoms with Crippen LogP contribution in [0.25, 0.3) is 0 Å². The number of ether oxygens (including phenoxy) is 1. The first-order chi connectivity index (χ1) is 10.0. The number of nitrogens with one attached hydrogen (secondary N) is 1. The van der Waals surface area contributed by atoms with Crippen molar-refractivity contribution in [3.8, 4) is 5.75 Å². The van der Waals surface area contributed by atoms with E-state index in [-0.39, 0.29) is 6.04 Å². The summed E-state index contributed by atoms with van der Waals surface area (Å²) in [4.78, 5) is 2.10. The molecular formula is C16H24N4O. The molecule has 1 heterocycles. The lowest BCUT2D eigenvalue weighted by Crippen LogP contribution is -2.19. The first-order valence-corrected chi connectivity index (χ1v) is 7.17. The van der Waals surface area contributed by atoms with Gasteiger partial charge in [0.15, 0.2) is 0 Å². The largest absolute Gasteiger partial charge is 0.492 e. The van der Waals surface area contributed by atoms with Crippen LogP contribution >= 0.6 is 0 Å². The molecule has 114 valence electrons. The quantitative estimate of drug-likeness (QED) is 0.850. The van der Waals surface area contributed by atoms with Crippen LogP contribution < -0.4 is 10.1 Å². The maximum absolute atomic E-state index is 5.68. The van der Waals surface area contributed by atoms with E-state index in [2.05, 4.69) is 22.2 Å². The summed E-state index contributed by atoms with van der Waals surface area (Å²) in [6, 6.07) is 8.29. The van der Waals surface area contributed by atoms with E-state index in [9.17, 15) is 0 Å². The Morgan fingerprint density at radius 3 is 2.57 bits per heavy atom. The van der Waals surface area contributed by atoms with Gasteiger partial charge >= 0.3 is 0 Å². The van der Waals surface area contributed by atoms with E-state index in [0.29, 0.717) is 6.61 Å². The Labute approximate surface area is 126 Å². The summed E-state index contributed by atoms with van der Waals surface area (Å²) in [6.07, 6.45) is 3.91. The Kier molecular flexibility index (Phi) is 5.22. The minimum Gasteiger partial charge on any atom is -0.492 e. The summed E-state index contributed by atoms with van der Waals surface area (Å²) in [5.41, 5.74) is 2.25. The summed E-state index contributed by atoms with van der Waals surface area (Å²) in [7, 11) is 6.00. The van der Waals surface area contributed by atoms with Gasteiger partial charge in [-0.1, -0.05) is 0 Å². The van der Waals surface area contributed by atoms with Crippen molar-refractivity contribution in [3.63, 3.8) is 0 Å². The number of aryl methyl sites for hydroxylation is 1. The van der Waals surface area contributed by atoms with Crippen LogP contribution in [0.15, 0.2) is 36.7 Å². The maximum atomic E-state index is 5.68. The van der Waals surface area contributed by atoms with Crippen molar-refractivity contribution in [1.82, 2.24) is 14.7 Å². The van der Waals surface area contributed by atoms with Gasteiger partial charge < -0.3 is 15.0 Å². The summed E-state index contributed by atoms with van der Waals surface area (Å²) in [5.74, 6) is 0.899. The Morgan fingerprint density at radius 1 is 1.29 bits per heavy atom. The van der Waals surface area contributed by atoms with Crippen LogP contribution in [0.2, 0.25) is 0 Å². The van der Waals surface area contributed by atoms with E-state index in [4.69, 9.17) is 4.74 Å². The molecule has 0 bridgehead atoms. The summed E-state index contributed by atoms with van der Waals surface area (Å²) in [5, 5.41) is 7.65. The molecule has 0 aliphatic rings. The monoisotopic (exact) mass is 288 g/mol. The Morgan fingerprint density at radius 2 is 2.00 bits per heavy atom. The Hall–Kier alpha value is -2.01. The van der Waals surface area contributed by atoms with E-state index < -0.39 is 0 Å². The predicted molar refractivity (Wildman–Crippen MR) is 85.7 cm³/mol. The van der Waals surface area contributed by atoms with E-state index in [0.717, 1.165) is 18.0 Å². The van der Waals surface area contributed by atoms with Gasteiger partial charge in [-0.15, -0.1) is 0 Å². The molecule has 0 radical (unpaired) electrons. The van der Waals surface area contributed by atoms with Crippen LogP contribution in [0.3, 0.4) is 0 Å². The number of aromatic nitrogens is 2. The molecule has 1 atom stereocenters. The zero-order chi connectivity index (χ0) is 15.2. The summed E-state index contributed by atoms with van der Waals surface area (Å²) in [6.45, 7) is 3.74. The van der Waals surface area contributed by atoms with Crippen LogP contribution in [0.1, 0.15) is 18.5 Å². The molecule has 0 spiro atoms. The van der Waals surface area contributed by atoms with Gasteiger partial charge in [-0.2, -0.15) is 5.10 Å². The summed E-state index contributed by atoms with van der Waals surface area (Å²) >= 11 is 0. The lowest BCUT2D eigenvalue weighted by molar-refractivity contribution is 0.261. The number of anilines is 1. The number of hydrogen-bond donors (Lipinski definition) is 1. The molecule has 1 N–H and O–H groups in total. The first kappa shape index (κ1) is 15.4. The molecule has 21 heavy (non-hydrogen) atoms. The highest BCUT2D eigenvalue weighted by molar-refractivity contribution is 5.47. The lowest BCUT2D eigenvalue weighted by atomic mass is 10.2. The van der Waals surface area contributed by atoms with Crippen LogP contribution in [0, 0.1) is 0 Å². The van der Waals surface area contributed by atoms with Crippen molar-refractivity contribution in [2.45, 2.75) is 13.0 Å². The fourth-order valence-corrected chi connectivity index (χ4v) is 1.99. The average molecular weight is 288 g/mol. The lowest BCUT2D eigenvalue weighted by Gasteiger charge is -2.15. The zero-order valence-corrected chi connectivity index (χ0v) is 13.2. The minimum atomic E-state index is 0.221. The molecule has 1 aromatic heterocycles. The van der Waals surface area contributed by atoms with Gasteiger partial charge in [0.2, 0.25) is 0 Å². The smallest absolute Gasteiger partial charge is 0.119 e. The van der Waals surface area contributed by atoms with Crippen molar-refractivity contribution < 1.29 is 4.74 Å². The van der Waals surface area contributed by atoms with Gasteiger partial charge in [-0.25, -0.2) is 0 Å². The highest BCUT2D eigenvalue weighted by Gasteiger charge is 2.07. The number of likely N-dealkylation sites (N-methyl/N-ethyl adjacent to an activating group) is 1. The maximum Gasteiger partial charge on any atom is 0.119 e. The third-order valence-corrected chi connectivity index (χ3v) is 3.27. The van der Waals surface area contributed by atoms with Crippen LogP contribution in [0.4, 0.5) is 5.69 Å². The molecule has 5 heteroatoms. The third kappa shape index (κ3) is 4.79. The average Bonchev–Trinajstić information content (AvgIpc) is 2.87. The van der Waals surface area contributed by atoms with Crippen molar-refractivity contribution in [2.24, 2.45) is 7.05 Å². The molecular weight excluding hydrogens is 264 g/mol. The van der Waals surface area contributed by atoms with Crippen LogP contribution in [-0.4, -0.2) is 41.9 Å². The van der Waals surface area contributed by atoms with E-state index in [1.807, 2.05) is 62.5 Å². The van der Waals surface area contributed by atoms with Gasteiger partial charge in [0, 0.05) is 31.0 Å². The van der Waals surface area contributed by atoms with Crippen molar-refractivity contribution in [1.29, 1.82) is 0 Å². The van der Waals surface area contributed by atoms with Gasteiger partial charge in [0.25, 0.3) is 0 Å². The molecule has 0 saturated carbocycles. The Bertz CT molecular complexity index is 548. The molecule has 0 aliphatic carbocycles. The molecule has 0 saturated heterocycles. The summed E-state index contributed by atoms with van der Waals surface area (Å²) < 4.78 is 7.50. The SMILES string of the molecule is CC(Nc1ccc(OCCN(C)C)cc1)c1cnn(C)c1. The number of hydrogen-bond acceptors (Lipinski definition) is 4. The standard InChI is InChI=1S/C16H24N4O/c1-13(14-11-17-20(4)12-14)18-15-5-7-16(8-6-15)21-10-9-19(2)3/h5-8,11-13,18H,9-10H2,1-4H3. The van der Waals surface area contributed by atoms with Gasteiger partial charge in [-0.3, -0.25) is 4.68 Å². The number of rotatable bonds is 7. The van der Waals surface area contributed by atoms with Crippen molar-refractivity contribution >= 4 is 5.69 Å².